The van der Waals surface area contributed by atoms with Crippen LogP contribution in [0.2, 0.25) is 0 Å². The van der Waals surface area contributed by atoms with Crippen molar-refractivity contribution in [3.8, 4) is 0 Å². The molecule has 0 bridgehead atoms. The maximum atomic E-state index is 14.9. The zero-order chi connectivity index (χ0) is 25.5. The number of amidine groups is 1. The summed E-state index contributed by atoms with van der Waals surface area (Å²) < 4.78 is 16.9. The number of carbonyl (C=O) groups is 1. The zero-order valence-corrected chi connectivity index (χ0v) is 20.6. The first-order valence-electron chi connectivity index (χ1n) is 12.6. The van der Waals surface area contributed by atoms with Crippen LogP contribution in [0.5, 0.6) is 0 Å². The molecule has 0 spiro atoms. The maximum Gasteiger partial charge on any atom is 0.323 e. The van der Waals surface area contributed by atoms with Gasteiger partial charge in [0.1, 0.15) is 17.7 Å². The van der Waals surface area contributed by atoms with E-state index in [2.05, 4.69) is 34.6 Å². The Hall–Kier alpha value is -4.26. The Morgan fingerprint density at radius 3 is 2.24 bits per heavy atom. The Bertz CT molecular complexity index is 1290. The van der Waals surface area contributed by atoms with Crippen LogP contribution in [0.3, 0.4) is 0 Å². The number of urea groups is 1. The number of hydrogen-bond acceptors (Lipinski definition) is 3. The molecule has 2 amide bonds. The quantitative estimate of drug-likeness (QED) is 0.302. The molecule has 0 saturated carbocycles. The van der Waals surface area contributed by atoms with E-state index in [1.54, 1.807) is 35.6 Å². The number of carbonyl (C=O) groups excluding carboxylic acids is 1. The summed E-state index contributed by atoms with van der Waals surface area (Å²) >= 11 is 0. The summed E-state index contributed by atoms with van der Waals surface area (Å²) in [6, 6.07) is 26.5. The fourth-order valence-electron chi connectivity index (χ4n) is 4.94. The third-order valence-corrected chi connectivity index (χ3v) is 6.74. The van der Waals surface area contributed by atoms with E-state index < -0.39 is 6.04 Å². The van der Waals surface area contributed by atoms with Gasteiger partial charge in [0.05, 0.1) is 6.33 Å². The van der Waals surface area contributed by atoms with Gasteiger partial charge < -0.3 is 9.47 Å². The average molecular weight is 496 g/mol. The zero-order valence-electron chi connectivity index (χ0n) is 20.6. The number of benzene rings is 3. The number of aryl methyl sites for hydroxylation is 1. The van der Waals surface area contributed by atoms with Crippen LogP contribution in [0.25, 0.3) is 0 Å². The van der Waals surface area contributed by atoms with Gasteiger partial charge in [-0.15, -0.1) is 0 Å². The monoisotopic (exact) mass is 495 g/mol. The number of aromatic nitrogens is 2. The van der Waals surface area contributed by atoms with Crippen molar-refractivity contribution < 1.29 is 9.18 Å². The molecule has 3 aromatic carbocycles. The fourth-order valence-corrected chi connectivity index (χ4v) is 4.94. The number of halogens is 1. The first-order chi connectivity index (χ1) is 18.2. The lowest BCUT2D eigenvalue weighted by Gasteiger charge is -2.24. The predicted molar refractivity (Wildman–Crippen MR) is 143 cm³/mol. The van der Waals surface area contributed by atoms with Gasteiger partial charge in [-0.3, -0.25) is 10.3 Å². The van der Waals surface area contributed by atoms with Crippen LogP contribution in [0.4, 0.5) is 9.18 Å². The smallest absolute Gasteiger partial charge is 0.323 e. The second-order valence-electron chi connectivity index (χ2n) is 9.13. The second kappa shape index (κ2) is 11.6. The number of nitrogens with zero attached hydrogens (tertiary/aromatic N) is 4. The van der Waals surface area contributed by atoms with Gasteiger partial charge in [0.15, 0.2) is 0 Å². The summed E-state index contributed by atoms with van der Waals surface area (Å²) in [4.78, 5) is 23.6. The minimum absolute atomic E-state index is 0.169. The van der Waals surface area contributed by atoms with Gasteiger partial charge in [-0.1, -0.05) is 78.9 Å². The van der Waals surface area contributed by atoms with E-state index in [0.29, 0.717) is 30.9 Å². The number of imidazole rings is 1. The van der Waals surface area contributed by atoms with E-state index in [4.69, 9.17) is 4.99 Å². The summed E-state index contributed by atoms with van der Waals surface area (Å²) in [6.07, 6.45) is 6.85. The number of aliphatic imine (C=N–C) groups is 1. The topological polar surface area (TPSA) is 62.5 Å². The Morgan fingerprint density at radius 1 is 0.919 bits per heavy atom. The highest BCUT2D eigenvalue weighted by molar-refractivity contribution is 6.07. The van der Waals surface area contributed by atoms with Crippen molar-refractivity contribution in [2.45, 2.75) is 31.3 Å². The highest BCUT2D eigenvalue weighted by atomic mass is 19.1. The van der Waals surface area contributed by atoms with Crippen molar-refractivity contribution in [3.05, 3.63) is 126 Å². The van der Waals surface area contributed by atoms with Gasteiger partial charge in [-0.25, -0.2) is 14.2 Å². The highest BCUT2D eigenvalue weighted by Crippen LogP contribution is 2.31. The van der Waals surface area contributed by atoms with Crippen molar-refractivity contribution >= 4 is 11.9 Å². The summed E-state index contributed by atoms with van der Waals surface area (Å²) in [6.45, 7) is 1.69. The largest absolute Gasteiger partial charge is 0.337 e. The lowest BCUT2D eigenvalue weighted by Crippen LogP contribution is -2.31. The highest BCUT2D eigenvalue weighted by Gasteiger charge is 2.38. The summed E-state index contributed by atoms with van der Waals surface area (Å²) in [7, 11) is 0. The predicted octanol–water partition coefficient (Wildman–Crippen LogP) is 5.80. The van der Waals surface area contributed by atoms with Crippen LogP contribution in [-0.4, -0.2) is 39.4 Å². The SMILES string of the molecule is O=C1NC(=NCCC(c2ccccc2)c2ccccc2)C(c2ccccc2F)N1CCCn1ccnc1. The molecule has 1 N–H and O–H groups in total. The molecule has 7 heteroatoms. The molecule has 1 fully saturated rings. The van der Waals surface area contributed by atoms with Gasteiger partial charge in [0.2, 0.25) is 0 Å². The van der Waals surface area contributed by atoms with Crippen LogP contribution in [0.1, 0.15) is 41.5 Å². The number of hydrogen-bond donors (Lipinski definition) is 1. The molecule has 1 aliphatic rings. The summed E-state index contributed by atoms with van der Waals surface area (Å²) in [5.74, 6) is 0.322. The first-order valence-corrected chi connectivity index (χ1v) is 12.6. The van der Waals surface area contributed by atoms with E-state index in [1.165, 1.54) is 17.2 Å². The molecule has 1 aliphatic heterocycles. The minimum atomic E-state index is -0.580. The normalized spacial score (nSPS) is 16.5. The molecule has 1 atom stereocenters. The van der Waals surface area contributed by atoms with E-state index in [-0.39, 0.29) is 17.8 Å². The molecule has 188 valence electrons. The Labute approximate surface area is 216 Å². The molecular weight excluding hydrogens is 465 g/mol. The lowest BCUT2D eigenvalue weighted by molar-refractivity contribution is 0.203. The molecule has 6 nitrogen and oxygen atoms in total. The summed E-state index contributed by atoms with van der Waals surface area (Å²) in [5.41, 5.74) is 2.89. The van der Waals surface area contributed by atoms with Gasteiger partial charge in [0, 0.05) is 43.5 Å². The Balaban J connectivity index is 1.37. The van der Waals surface area contributed by atoms with E-state index in [9.17, 15) is 9.18 Å². The molecule has 1 saturated heterocycles. The first kappa shape index (κ1) is 24.4. The average Bonchev–Trinajstić information content (AvgIpc) is 3.56. The maximum absolute atomic E-state index is 14.9. The fraction of sp³-hybridized carbons (Fsp3) is 0.233. The van der Waals surface area contributed by atoms with Crippen molar-refractivity contribution in [1.29, 1.82) is 0 Å². The van der Waals surface area contributed by atoms with E-state index in [1.807, 2.05) is 47.2 Å². The number of nitrogens with one attached hydrogen (secondary N) is 1. The number of rotatable bonds is 10. The summed E-state index contributed by atoms with van der Waals surface area (Å²) in [5, 5.41) is 2.93. The minimum Gasteiger partial charge on any atom is -0.337 e. The lowest BCUT2D eigenvalue weighted by atomic mass is 9.88. The van der Waals surface area contributed by atoms with E-state index >= 15 is 0 Å². The molecule has 1 aromatic heterocycles. The molecule has 0 radical (unpaired) electrons. The third-order valence-electron chi connectivity index (χ3n) is 6.74. The molecule has 1 unspecified atom stereocenters. The van der Waals surface area contributed by atoms with E-state index in [0.717, 1.165) is 13.0 Å². The van der Waals surface area contributed by atoms with Crippen LogP contribution in [0.15, 0.2) is 109 Å². The van der Waals surface area contributed by atoms with Crippen molar-refractivity contribution in [1.82, 2.24) is 19.8 Å². The Morgan fingerprint density at radius 2 is 1.59 bits per heavy atom. The second-order valence-corrected chi connectivity index (χ2v) is 9.13. The van der Waals surface area contributed by atoms with Gasteiger partial charge in [0.25, 0.3) is 0 Å². The molecule has 0 aliphatic carbocycles. The third kappa shape index (κ3) is 5.77. The standard InChI is InChI=1S/C30H30FN5O/c31-27-15-8-7-14-26(27)28-29(34-30(37)36(28)20-9-19-35-21-18-32-22-35)33-17-16-25(23-10-3-1-4-11-23)24-12-5-2-6-13-24/h1-8,10-15,18,21-22,25,28H,9,16-17,19-20H2,(H,33,34,37). The van der Waals surface area contributed by atoms with Crippen molar-refractivity contribution in [2.75, 3.05) is 13.1 Å². The van der Waals surface area contributed by atoms with Gasteiger partial charge >= 0.3 is 6.03 Å². The van der Waals surface area contributed by atoms with Gasteiger partial charge in [-0.05, 0) is 30.0 Å². The van der Waals surface area contributed by atoms with Crippen molar-refractivity contribution in [2.24, 2.45) is 4.99 Å². The van der Waals surface area contributed by atoms with Crippen LogP contribution >= 0.6 is 0 Å². The van der Waals surface area contributed by atoms with Crippen LogP contribution in [-0.2, 0) is 6.54 Å². The van der Waals surface area contributed by atoms with Crippen molar-refractivity contribution in [3.63, 3.8) is 0 Å². The van der Waals surface area contributed by atoms with Crippen LogP contribution < -0.4 is 5.32 Å². The molecular formula is C30H30FN5O. The molecule has 37 heavy (non-hydrogen) atoms. The van der Waals surface area contributed by atoms with Crippen LogP contribution in [0, 0.1) is 5.82 Å². The molecule has 2 heterocycles. The molecule has 5 rings (SSSR count). The van der Waals surface area contributed by atoms with Gasteiger partial charge in [-0.2, -0.15) is 0 Å². The Kier molecular flexibility index (Phi) is 7.69. The number of amides is 2. The molecule has 4 aromatic rings.